The van der Waals surface area contributed by atoms with Crippen LogP contribution in [0.25, 0.3) is 0 Å². The van der Waals surface area contributed by atoms with E-state index in [9.17, 15) is 9.59 Å². The van der Waals surface area contributed by atoms with E-state index in [0.29, 0.717) is 11.4 Å². The molecule has 1 aliphatic heterocycles. The average Bonchev–Trinajstić information content (AvgIpc) is 2.95. The summed E-state index contributed by atoms with van der Waals surface area (Å²) in [5.41, 5.74) is -0.941. The van der Waals surface area contributed by atoms with Gasteiger partial charge in [0.05, 0.1) is 25.3 Å². The van der Waals surface area contributed by atoms with E-state index in [1.807, 2.05) is 0 Å². The zero-order valence-corrected chi connectivity index (χ0v) is 11.9. The molecule has 0 fully saturated rings. The summed E-state index contributed by atoms with van der Waals surface area (Å²) in [4.78, 5) is 33.5. The highest BCUT2D eigenvalue weighted by molar-refractivity contribution is 6.12. The second kappa shape index (κ2) is 6.34. The normalized spacial score (nSPS) is 15.8. The van der Waals surface area contributed by atoms with E-state index >= 15 is 0 Å². The van der Waals surface area contributed by atoms with Crippen LogP contribution >= 0.6 is 0 Å². The van der Waals surface area contributed by atoms with Crippen molar-refractivity contribution >= 4 is 17.7 Å². The quantitative estimate of drug-likeness (QED) is 0.596. The van der Waals surface area contributed by atoms with Gasteiger partial charge in [-0.1, -0.05) is 11.2 Å². The summed E-state index contributed by atoms with van der Waals surface area (Å²) in [5.74, 6) is -1.61. The SMILES string of the molecule is CCOC(=O)C1(C(=O)OCC)CC(c2ccccn2)=NO1. The molecule has 0 aliphatic carbocycles. The Labute approximate surface area is 121 Å². The third kappa shape index (κ3) is 2.86. The van der Waals surface area contributed by atoms with Crippen molar-refractivity contribution in [2.45, 2.75) is 25.9 Å². The minimum absolute atomic E-state index is 0.0678. The molecule has 0 bridgehead atoms. The summed E-state index contributed by atoms with van der Waals surface area (Å²) >= 11 is 0. The minimum atomic E-state index is -1.88. The number of rotatable bonds is 5. The maximum absolute atomic E-state index is 12.1. The summed E-state index contributed by atoms with van der Waals surface area (Å²) in [6.45, 7) is 3.54. The van der Waals surface area contributed by atoms with Gasteiger partial charge in [0.25, 0.3) is 0 Å². The molecule has 7 nitrogen and oxygen atoms in total. The smallest absolute Gasteiger partial charge is 0.365 e. The van der Waals surface area contributed by atoms with Crippen molar-refractivity contribution in [2.75, 3.05) is 13.2 Å². The van der Waals surface area contributed by atoms with Gasteiger partial charge in [0.1, 0.15) is 5.71 Å². The molecule has 0 radical (unpaired) electrons. The van der Waals surface area contributed by atoms with Crippen molar-refractivity contribution in [1.29, 1.82) is 0 Å². The maximum atomic E-state index is 12.1. The molecular weight excluding hydrogens is 276 g/mol. The van der Waals surface area contributed by atoms with Crippen molar-refractivity contribution in [3.8, 4) is 0 Å². The molecule has 21 heavy (non-hydrogen) atoms. The first-order chi connectivity index (χ1) is 10.1. The average molecular weight is 292 g/mol. The van der Waals surface area contributed by atoms with Gasteiger partial charge >= 0.3 is 17.5 Å². The van der Waals surface area contributed by atoms with Crippen LogP contribution in [-0.4, -0.2) is 41.4 Å². The van der Waals surface area contributed by atoms with Crippen LogP contribution in [0.1, 0.15) is 26.0 Å². The third-order valence-electron chi connectivity index (χ3n) is 2.90. The molecule has 0 saturated heterocycles. The Kier molecular flexibility index (Phi) is 4.52. The Balaban J connectivity index is 2.25. The number of oxime groups is 1. The fourth-order valence-corrected chi connectivity index (χ4v) is 1.90. The molecule has 1 aliphatic rings. The van der Waals surface area contributed by atoms with Crippen LogP contribution in [0, 0.1) is 0 Å². The Bertz CT molecular complexity index is 538. The lowest BCUT2D eigenvalue weighted by molar-refractivity contribution is -0.187. The number of carbonyl (C=O) groups is 2. The number of hydrogen-bond acceptors (Lipinski definition) is 7. The molecule has 0 saturated carbocycles. The molecule has 7 heteroatoms. The highest BCUT2D eigenvalue weighted by Gasteiger charge is 2.56. The van der Waals surface area contributed by atoms with Crippen LogP contribution in [0.4, 0.5) is 0 Å². The van der Waals surface area contributed by atoms with Gasteiger partial charge in [-0.3, -0.25) is 4.98 Å². The predicted octanol–water partition coefficient (Wildman–Crippen LogP) is 1.07. The first-order valence-corrected chi connectivity index (χ1v) is 6.65. The second-order valence-corrected chi connectivity index (χ2v) is 4.29. The lowest BCUT2D eigenvalue weighted by Gasteiger charge is -2.21. The Morgan fingerprint density at radius 1 is 1.24 bits per heavy atom. The molecule has 1 aromatic rings. The number of esters is 2. The highest BCUT2D eigenvalue weighted by atomic mass is 16.7. The maximum Gasteiger partial charge on any atom is 0.365 e. The largest absolute Gasteiger partial charge is 0.462 e. The number of pyridine rings is 1. The molecule has 0 unspecified atom stereocenters. The van der Waals surface area contributed by atoms with E-state index in [1.165, 1.54) is 0 Å². The van der Waals surface area contributed by atoms with Crippen LogP contribution in [0.3, 0.4) is 0 Å². The molecule has 2 rings (SSSR count). The highest BCUT2D eigenvalue weighted by Crippen LogP contribution is 2.29. The molecule has 1 aromatic heterocycles. The third-order valence-corrected chi connectivity index (χ3v) is 2.90. The van der Waals surface area contributed by atoms with E-state index in [4.69, 9.17) is 14.3 Å². The van der Waals surface area contributed by atoms with Gasteiger partial charge in [-0.25, -0.2) is 9.59 Å². The Hall–Kier alpha value is -2.44. The van der Waals surface area contributed by atoms with Gasteiger partial charge in [0.2, 0.25) is 0 Å². The number of aromatic nitrogens is 1. The predicted molar refractivity (Wildman–Crippen MR) is 72.5 cm³/mol. The molecule has 2 heterocycles. The van der Waals surface area contributed by atoms with Gasteiger partial charge in [-0.2, -0.15) is 0 Å². The van der Waals surface area contributed by atoms with Crippen molar-refractivity contribution in [3.63, 3.8) is 0 Å². The molecule has 112 valence electrons. The van der Waals surface area contributed by atoms with E-state index < -0.39 is 17.5 Å². The van der Waals surface area contributed by atoms with Crippen LogP contribution in [0.15, 0.2) is 29.6 Å². The van der Waals surface area contributed by atoms with Gasteiger partial charge in [-0.15, -0.1) is 0 Å². The first-order valence-electron chi connectivity index (χ1n) is 6.65. The summed E-state index contributed by atoms with van der Waals surface area (Å²) < 4.78 is 9.84. The van der Waals surface area contributed by atoms with Crippen LogP contribution in [0.5, 0.6) is 0 Å². The lowest BCUT2D eigenvalue weighted by atomic mass is 9.96. The summed E-state index contributed by atoms with van der Waals surface area (Å²) in [5, 5.41) is 3.82. The van der Waals surface area contributed by atoms with Crippen molar-refractivity contribution in [3.05, 3.63) is 30.1 Å². The molecule has 0 N–H and O–H groups in total. The Morgan fingerprint density at radius 3 is 2.43 bits per heavy atom. The monoisotopic (exact) mass is 292 g/mol. The first kappa shape index (κ1) is 15.0. The molecule has 0 spiro atoms. The topological polar surface area (TPSA) is 87.1 Å². The van der Waals surface area contributed by atoms with Gasteiger partial charge in [0, 0.05) is 6.20 Å². The lowest BCUT2D eigenvalue weighted by Crippen LogP contribution is -2.49. The van der Waals surface area contributed by atoms with Gasteiger partial charge in [-0.05, 0) is 26.0 Å². The Morgan fingerprint density at radius 2 is 1.90 bits per heavy atom. The molecule has 0 atom stereocenters. The van der Waals surface area contributed by atoms with E-state index in [2.05, 4.69) is 10.1 Å². The fourth-order valence-electron chi connectivity index (χ4n) is 1.90. The van der Waals surface area contributed by atoms with Crippen LogP contribution < -0.4 is 0 Å². The fraction of sp³-hybridized carbons (Fsp3) is 0.429. The summed E-state index contributed by atoms with van der Waals surface area (Å²) in [6.07, 6.45) is 1.52. The van der Waals surface area contributed by atoms with Gasteiger partial charge in [0.15, 0.2) is 0 Å². The van der Waals surface area contributed by atoms with E-state index in [-0.39, 0.29) is 19.6 Å². The zero-order chi connectivity index (χ0) is 15.3. The molecular formula is C14H16N2O5. The number of carbonyl (C=O) groups excluding carboxylic acids is 2. The molecule has 0 aromatic carbocycles. The van der Waals surface area contributed by atoms with E-state index in [0.717, 1.165) is 0 Å². The zero-order valence-electron chi connectivity index (χ0n) is 11.9. The van der Waals surface area contributed by atoms with Crippen LogP contribution in [0.2, 0.25) is 0 Å². The summed E-state index contributed by atoms with van der Waals surface area (Å²) in [7, 11) is 0. The second-order valence-electron chi connectivity index (χ2n) is 4.29. The number of hydrogen-bond donors (Lipinski definition) is 0. The van der Waals surface area contributed by atoms with Crippen molar-refractivity contribution < 1.29 is 23.9 Å². The number of nitrogens with zero attached hydrogens (tertiary/aromatic N) is 2. The van der Waals surface area contributed by atoms with Crippen molar-refractivity contribution in [1.82, 2.24) is 4.98 Å². The number of ether oxygens (including phenoxy) is 2. The molecule has 0 amide bonds. The van der Waals surface area contributed by atoms with Gasteiger partial charge < -0.3 is 14.3 Å². The van der Waals surface area contributed by atoms with Crippen LogP contribution in [-0.2, 0) is 23.9 Å². The van der Waals surface area contributed by atoms with E-state index in [1.54, 1.807) is 38.2 Å². The summed E-state index contributed by atoms with van der Waals surface area (Å²) in [6, 6.07) is 5.25. The van der Waals surface area contributed by atoms with Crippen molar-refractivity contribution in [2.24, 2.45) is 5.16 Å². The standard InChI is InChI=1S/C14H16N2O5/c1-3-19-12(17)14(13(18)20-4-2)9-11(16-21-14)10-7-5-6-8-15-10/h5-8H,3-4,9H2,1-2H3. The minimum Gasteiger partial charge on any atom is -0.462 e.